The molecule has 0 saturated heterocycles. The fourth-order valence-corrected chi connectivity index (χ4v) is 3.32. The monoisotopic (exact) mass is 433 g/mol. The summed E-state index contributed by atoms with van der Waals surface area (Å²) in [4.78, 5) is 13.8. The Morgan fingerprint density at radius 1 is 1.20 bits per heavy atom. The average molecular weight is 435 g/mol. The number of carbonyl (C=O) groups excluding carboxylic acids is 1. The summed E-state index contributed by atoms with van der Waals surface area (Å²) >= 11 is 10.7. The number of benzene rings is 2. The predicted octanol–water partition coefficient (Wildman–Crippen LogP) is 5.30. The molecule has 0 spiro atoms. The van der Waals surface area contributed by atoms with E-state index in [1.807, 2.05) is 36.4 Å². The summed E-state index contributed by atoms with van der Waals surface area (Å²) in [6.07, 6.45) is 3.22. The molecule has 0 radical (unpaired) electrons. The number of rotatable bonds is 4. The van der Waals surface area contributed by atoms with E-state index in [2.05, 4.69) is 26.1 Å². The van der Waals surface area contributed by atoms with Crippen LogP contribution in [-0.2, 0) is 4.79 Å². The van der Waals surface area contributed by atoms with Gasteiger partial charge in [0, 0.05) is 28.2 Å². The van der Waals surface area contributed by atoms with Gasteiger partial charge in [0.1, 0.15) is 5.01 Å². The first-order valence-electron chi connectivity index (χ1n) is 7.34. The number of anilines is 1. The molecule has 7 heteroatoms. The number of aromatic nitrogens is 2. The van der Waals surface area contributed by atoms with E-state index in [9.17, 15) is 4.79 Å². The lowest BCUT2D eigenvalue weighted by molar-refractivity contribution is -0.113. The van der Waals surface area contributed by atoms with Gasteiger partial charge < -0.3 is 0 Å². The van der Waals surface area contributed by atoms with Gasteiger partial charge in [-0.1, -0.05) is 63.1 Å². The quantitative estimate of drug-likeness (QED) is 0.524. The van der Waals surface area contributed by atoms with Crippen LogP contribution in [0.3, 0.4) is 0 Å². The summed E-state index contributed by atoms with van der Waals surface area (Å²) in [5.74, 6) is -0.182. The summed E-state index contributed by atoms with van der Waals surface area (Å²) in [6.45, 7) is 0. The first kappa shape index (κ1) is 17.8. The van der Waals surface area contributed by atoms with Crippen molar-refractivity contribution in [3.8, 4) is 10.6 Å². The topological polar surface area (TPSA) is 46.1 Å². The predicted molar refractivity (Wildman–Crippen MR) is 107 cm³/mol. The van der Waals surface area contributed by atoms with E-state index in [-0.39, 0.29) is 5.91 Å². The minimum Gasteiger partial charge on any atom is -0.286 e. The van der Waals surface area contributed by atoms with Gasteiger partial charge in [0.25, 0.3) is 5.91 Å². The summed E-state index contributed by atoms with van der Waals surface area (Å²) in [5.41, 5.74) is 1.82. The zero-order valence-corrected chi connectivity index (χ0v) is 16.3. The summed E-state index contributed by atoms with van der Waals surface area (Å²) in [7, 11) is 1.68. The molecule has 1 amide bonds. The van der Waals surface area contributed by atoms with E-state index in [0.29, 0.717) is 10.2 Å². The molecule has 126 valence electrons. The van der Waals surface area contributed by atoms with Crippen LogP contribution >= 0.6 is 38.9 Å². The molecular weight excluding hydrogens is 422 g/mol. The molecule has 0 bridgehead atoms. The Hall–Kier alpha value is -2.02. The van der Waals surface area contributed by atoms with E-state index >= 15 is 0 Å². The van der Waals surface area contributed by atoms with Gasteiger partial charge in [0.15, 0.2) is 0 Å². The fourth-order valence-electron chi connectivity index (χ4n) is 2.04. The first-order valence-corrected chi connectivity index (χ1v) is 9.32. The van der Waals surface area contributed by atoms with E-state index in [0.717, 1.165) is 20.6 Å². The molecule has 0 N–H and O–H groups in total. The molecule has 2 aromatic carbocycles. The van der Waals surface area contributed by atoms with Crippen LogP contribution in [0.1, 0.15) is 5.56 Å². The standard InChI is InChI=1S/C18H13BrClN3OS/c1-23(16(24)10-5-12-3-2-4-15(20)11-12)18-22-21-17(25-18)13-6-8-14(19)9-7-13/h2-11H,1H3/b10-5+. The number of halogens is 2. The largest absolute Gasteiger partial charge is 0.286 e. The van der Waals surface area contributed by atoms with Crippen molar-refractivity contribution in [3.63, 3.8) is 0 Å². The maximum atomic E-state index is 12.3. The summed E-state index contributed by atoms with van der Waals surface area (Å²) < 4.78 is 0.999. The van der Waals surface area contributed by atoms with E-state index in [4.69, 9.17) is 11.6 Å². The van der Waals surface area contributed by atoms with Crippen LogP contribution in [0.5, 0.6) is 0 Å². The van der Waals surface area contributed by atoms with Gasteiger partial charge >= 0.3 is 0 Å². The van der Waals surface area contributed by atoms with Crippen molar-refractivity contribution in [3.05, 3.63) is 69.7 Å². The molecule has 1 aromatic heterocycles. The van der Waals surface area contributed by atoms with Gasteiger partial charge in [-0.15, -0.1) is 10.2 Å². The second kappa shape index (κ2) is 7.91. The molecule has 0 aliphatic carbocycles. The van der Waals surface area contributed by atoms with Crippen LogP contribution in [0.4, 0.5) is 5.13 Å². The molecule has 0 atom stereocenters. The Morgan fingerprint density at radius 2 is 1.96 bits per heavy atom. The third-order valence-corrected chi connectivity index (χ3v) is 5.20. The van der Waals surface area contributed by atoms with Crippen molar-refractivity contribution in [1.29, 1.82) is 0 Å². The van der Waals surface area contributed by atoms with Crippen molar-refractivity contribution in [2.24, 2.45) is 0 Å². The number of hydrogen-bond donors (Lipinski definition) is 0. The van der Waals surface area contributed by atoms with Crippen LogP contribution in [0, 0.1) is 0 Å². The Morgan fingerprint density at radius 3 is 2.68 bits per heavy atom. The summed E-state index contributed by atoms with van der Waals surface area (Å²) in [5, 5.41) is 10.2. The van der Waals surface area contributed by atoms with Crippen LogP contribution in [0.2, 0.25) is 5.02 Å². The van der Waals surface area contributed by atoms with Gasteiger partial charge in [0.2, 0.25) is 5.13 Å². The first-order chi connectivity index (χ1) is 12.0. The van der Waals surface area contributed by atoms with Crippen LogP contribution in [0.25, 0.3) is 16.6 Å². The molecule has 25 heavy (non-hydrogen) atoms. The number of amides is 1. The average Bonchev–Trinajstić information content (AvgIpc) is 3.10. The maximum Gasteiger partial charge on any atom is 0.252 e. The highest BCUT2D eigenvalue weighted by atomic mass is 79.9. The van der Waals surface area contributed by atoms with Crippen molar-refractivity contribution >= 4 is 56.0 Å². The zero-order valence-electron chi connectivity index (χ0n) is 13.2. The normalized spacial score (nSPS) is 11.0. The maximum absolute atomic E-state index is 12.3. The Labute approximate surface area is 162 Å². The molecule has 3 rings (SSSR count). The molecule has 0 fully saturated rings. The lowest BCUT2D eigenvalue weighted by Crippen LogP contribution is -2.23. The van der Waals surface area contributed by atoms with E-state index in [1.54, 1.807) is 25.3 Å². The Bertz CT molecular complexity index is 924. The highest BCUT2D eigenvalue weighted by Crippen LogP contribution is 2.29. The SMILES string of the molecule is CN(C(=O)/C=C/c1cccc(Cl)c1)c1nnc(-c2ccc(Br)cc2)s1. The van der Waals surface area contributed by atoms with Crippen LogP contribution < -0.4 is 4.90 Å². The molecule has 3 aromatic rings. The van der Waals surface area contributed by atoms with Gasteiger partial charge in [-0.25, -0.2) is 0 Å². The van der Waals surface area contributed by atoms with Gasteiger partial charge in [0.05, 0.1) is 0 Å². The molecule has 0 aliphatic rings. The second-order valence-corrected chi connectivity index (χ2v) is 7.49. The van der Waals surface area contributed by atoms with Gasteiger partial charge in [-0.3, -0.25) is 9.69 Å². The van der Waals surface area contributed by atoms with Crippen molar-refractivity contribution in [2.75, 3.05) is 11.9 Å². The van der Waals surface area contributed by atoms with E-state index < -0.39 is 0 Å². The van der Waals surface area contributed by atoms with Gasteiger partial charge in [-0.05, 0) is 35.9 Å². The Balaban J connectivity index is 1.73. The van der Waals surface area contributed by atoms with Crippen LogP contribution in [-0.4, -0.2) is 23.2 Å². The Kier molecular flexibility index (Phi) is 5.63. The second-order valence-electron chi connectivity index (χ2n) is 5.18. The molecule has 1 heterocycles. The number of likely N-dealkylation sites (N-methyl/N-ethyl adjacent to an activating group) is 1. The van der Waals surface area contributed by atoms with Crippen molar-refractivity contribution in [1.82, 2.24) is 10.2 Å². The van der Waals surface area contributed by atoms with Crippen molar-refractivity contribution in [2.45, 2.75) is 0 Å². The van der Waals surface area contributed by atoms with E-state index in [1.165, 1.54) is 22.3 Å². The number of hydrogen-bond acceptors (Lipinski definition) is 4. The molecule has 0 unspecified atom stereocenters. The molecule has 4 nitrogen and oxygen atoms in total. The van der Waals surface area contributed by atoms with Crippen LogP contribution in [0.15, 0.2) is 59.1 Å². The lowest BCUT2D eigenvalue weighted by atomic mass is 10.2. The smallest absolute Gasteiger partial charge is 0.252 e. The minimum absolute atomic E-state index is 0.182. The molecule has 0 saturated carbocycles. The highest BCUT2D eigenvalue weighted by molar-refractivity contribution is 9.10. The highest BCUT2D eigenvalue weighted by Gasteiger charge is 2.14. The van der Waals surface area contributed by atoms with Crippen molar-refractivity contribution < 1.29 is 4.79 Å². The fraction of sp³-hybridized carbons (Fsp3) is 0.0556. The third-order valence-electron chi connectivity index (χ3n) is 3.39. The molecule has 0 aliphatic heterocycles. The number of nitrogens with zero attached hydrogens (tertiary/aromatic N) is 3. The minimum atomic E-state index is -0.182. The number of carbonyl (C=O) groups is 1. The molecular formula is C18H13BrClN3OS. The zero-order chi connectivity index (χ0) is 17.8. The van der Waals surface area contributed by atoms with Gasteiger partial charge in [-0.2, -0.15) is 0 Å². The third kappa shape index (κ3) is 4.54. The lowest BCUT2D eigenvalue weighted by Gasteiger charge is -2.09. The summed E-state index contributed by atoms with van der Waals surface area (Å²) in [6, 6.07) is 15.1.